The molecule has 0 radical (unpaired) electrons. The summed E-state index contributed by atoms with van der Waals surface area (Å²) in [5.74, 6) is 0.532. The molecule has 22 heavy (non-hydrogen) atoms. The Morgan fingerprint density at radius 3 is 2.68 bits per heavy atom. The van der Waals surface area contributed by atoms with Crippen molar-refractivity contribution in [1.29, 1.82) is 5.26 Å². The molecule has 0 aliphatic carbocycles. The van der Waals surface area contributed by atoms with Crippen LogP contribution >= 0.6 is 11.6 Å². The Hall–Kier alpha value is -2.51. The largest absolute Gasteiger partial charge is 0.479 e. The smallest absolute Gasteiger partial charge is 0.268 e. The van der Waals surface area contributed by atoms with Gasteiger partial charge in [0.05, 0.1) is 23.9 Å². The van der Waals surface area contributed by atoms with Gasteiger partial charge in [-0.2, -0.15) is 5.26 Å². The highest BCUT2D eigenvalue weighted by Crippen LogP contribution is 2.37. The highest BCUT2D eigenvalue weighted by molar-refractivity contribution is 6.31. The molecule has 5 heteroatoms. The molecule has 0 N–H and O–H groups in total. The number of ether oxygens (including phenoxy) is 1. The molecule has 110 valence electrons. The van der Waals surface area contributed by atoms with Crippen molar-refractivity contribution < 1.29 is 9.53 Å². The molecular formula is C17H13ClN2O2. The molecule has 1 amide bonds. The van der Waals surface area contributed by atoms with Crippen LogP contribution in [-0.2, 0) is 11.3 Å². The molecule has 0 saturated heterocycles. The number of nitriles is 1. The van der Waals surface area contributed by atoms with Gasteiger partial charge < -0.3 is 9.64 Å². The van der Waals surface area contributed by atoms with E-state index in [0.717, 1.165) is 5.56 Å². The number of hydrogen-bond donors (Lipinski definition) is 0. The van der Waals surface area contributed by atoms with E-state index in [2.05, 4.69) is 6.07 Å². The first kappa shape index (κ1) is 14.4. The summed E-state index contributed by atoms with van der Waals surface area (Å²) in [6, 6.07) is 14.5. The predicted octanol–water partition coefficient (Wildman–Crippen LogP) is 3.53. The predicted molar refractivity (Wildman–Crippen MR) is 83.9 cm³/mol. The zero-order chi connectivity index (χ0) is 15.7. The summed E-state index contributed by atoms with van der Waals surface area (Å²) in [7, 11) is 0. The second-order valence-corrected chi connectivity index (χ2v) is 5.54. The van der Waals surface area contributed by atoms with Gasteiger partial charge in [-0.3, -0.25) is 4.79 Å². The van der Waals surface area contributed by atoms with Crippen molar-refractivity contribution in [2.45, 2.75) is 19.6 Å². The Balaban J connectivity index is 1.96. The van der Waals surface area contributed by atoms with E-state index in [-0.39, 0.29) is 5.91 Å². The van der Waals surface area contributed by atoms with E-state index in [1.165, 1.54) is 0 Å². The van der Waals surface area contributed by atoms with Crippen LogP contribution in [0.1, 0.15) is 18.1 Å². The molecule has 0 saturated carbocycles. The minimum atomic E-state index is -0.535. The lowest BCUT2D eigenvalue weighted by Crippen LogP contribution is -2.43. The average Bonchev–Trinajstić information content (AvgIpc) is 2.53. The van der Waals surface area contributed by atoms with Crippen LogP contribution in [0.5, 0.6) is 5.75 Å². The number of rotatable bonds is 2. The lowest BCUT2D eigenvalue weighted by atomic mass is 10.1. The van der Waals surface area contributed by atoms with Gasteiger partial charge in [-0.25, -0.2) is 0 Å². The van der Waals surface area contributed by atoms with E-state index in [4.69, 9.17) is 21.6 Å². The van der Waals surface area contributed by atoms with E-state index in [0.29, 0.717) is 28.6 Å². The van der Waals surface area contributed by atoms with Crippen LogP contribution in [0.15, 0.2) is 42.5 Å². The fraction of sp³-hybridized carbons (Fsp3) is 0.176. The highest BCUT2D eigenvalue weighted by Gasteiger charge is 2.31. The van der Waals surface area contributed by atoms with Crippen LogP contribution in [-0.4, -0.2) is 12.0 Å². The molecule has 1 aliphatic heterocycles. The average molecular weight is 313 g/mol. The molecule has 0 unspecified atom stereocenters. The van der Waals surface area contributed by atoms with Crippen LogP contribution < -0.4 is 9.64 Å². The molecule has 2 aromatic carbocycles. The second-order valence-electron chi connectivity index (χ2n) is 5.11. The van der Waals surface area contributed by atoms with Crippen LogP contribution in [0.2, 0.25) is 5.02 Å². The van der Waals surface area contributed by atoms with Crippen molar-refractivity contribution in [1.82, 2.24) is 0 Å². The minimum Gasteiger partial charge on any atom is -0.479 e. The first-order chi connectivity index (χ1) is 10.6. The molecule has 4 nitrogen and oxygen atoms in total. The lowest BCUT2D eigenvalue weighted by Gasteiger charge is -2.33. The number of amides is 1. The molecule has 1 atom stereocenters. The third-order valence-corrected chi connectivity index (χ3v) is 3.79. The summed E-state index contributed by atoms with van der Waals surface area (Å²) in [6.45, 7) is 2.14. The van der Waals surface area contributed by atoms with Gasteiger partial charge in [0.25, 0.3) is 5.91 Å². The summed E-state index contributed by atoms with van der Waals surface area (Å²) in [6.07, 6.45) is -0.535. The third kappa shape index (κ3) is 2.63. The van der Waals surface area contributed by atoms with Gasteiger partial charge in [-0.1, -0.05) is 23.7 Å². The molecule has 0 aromatic heterocycles. The van der Waals surface area contributed by atoms with Crippen molar-refractivity contribution in [3.8, 4) is 11.8 Å². The van der Waals surface area contributed by atoms with Crippen molar-refractivity contribution in [3.63, 3.8) is 0 Å². The molecular weight excluding hydrogens is 300 g/mol. The monoisotopic (exact) mass is 312 g/mol. The fourth-order valence-corrected chi connectivity index (χ4v) is 2.58. The zero-order valence-electron chi connectivity index (χ0n) is 11.9. The van der Waals surface area contributed by atoms with Crippen LogP contribution in [0.3, 0.4) is 0 Å². The first-order valence-corrected chi connectivity index (χ1v) is 7.23. The molecule has 1 heterocycles. The summed E-state index contributed by atoms with van der Waals surface area (Å²) in [5.41, 5.74) is 2.20. The number of nitrogens with zero attached hydrogens (tertiary/aromatic N) is 2. The number of carbonyl (C=O) groups is 1. The fourth-order valence-electron chi connectivity index (χ4n) is 2.41. The number of fused-ring (bicyclic) bond motifs is 1. The van der Waals surface area contributed by atoms with Gasteiger partial charge in [0.2, 0.25) is 0 Å². The van der Waals surface area contributed by atoms with Crippen LogP contribution in [0.4, 0.5) is 5.69 Å². The quantitative estimate of drug-likeness (QED) is 0.852. The number of hydrogen-bond acceptors (Lipinski definition) is 3. The Bertz CT molecular complexity index is 765. The number of halogens is 1. The molecule has 0 bridgehead atoms. The SMILES string of the molecule is C[C@@H]1Oc2ccc(Cl)cc2N(Cc2ccc(C#N)cc2)C1=O. The van der Waals surface area contributed by atoms with Gasteiger partial charge in [0, 0.05) is 5.02 Å². The Morgan fingerprint density at radius 1 is 1.27 bits per heavy atom. The van der Waals surface area contributed by atoms with E-state index in [1.807, 2.05) is 12.1 Å². The summed E-state index contributed by atoms with van der Waals surface area (Å²) >= 11 is 6.04. The number of carbonyl (C=O) groups excluding carboxylic acids is 1. The van der Waals surface area contributed by atoms with Crippen molar-refractivity contribution in [2.24, 2.45) is 0 Å². The van der Waals surface area contributed by atoms with Gasteiger partial charge in [0.1, 0.15) is 5.75 Å². The standard InChI is InChI=1S/C17H13ClN2O2/c1-11-17(21)20(10-13-4-2-12(9-19)3-5-13)15-8-14(18)6-7-16(15)22-11/h2-8,11H,10H2,1H3/t11-/m0/s1. The normalized spacial score (nSPS) is 16.7. The molecule has 1 aliphatic rings. The van der Waals surface area contributed by atoms with Crippen LogP contribution in [0, 0.1) is 11.3 Å². The topological polar surface area (TPSA) is 53.3 Å². The van der Waals surface area contributed by atoms with Crippen molar-refractivity contribution >= 4 is 23.2 Å². The van der Waals surface area contributed by atoms with E-state index >= 15 is 0 Å². The van der Waals surface area contributed by atoms with E-state index in [9.17, 15) is 4.79 Å². The molecule has 2 aromatic rings. The molecule has 0 fully saturated rings. The van der Waals surface area contributed by atoms with Crippen molar-refractivity contribution in [2.75, 3.05) is 4.90 Å². The molecule has 3 rings (SSSR count). The Labute approximate surface area is 133 Å². The van der Waals surface area contributed by atoms with Gasteiger partial charge >= 0.3 is 0 Å². The van der Waals surface area contributed by atoms with Gasteiger partial charge in [-0.05, 0) is 42.8 Å². The van der Waals surface area contributed by atoms with Crippen molar-refractivity contribution in [3.05, 3.63) is 58.6 Å². The molecule has 0 spiro atoms. The maximum absolute atomic E-state index is 12.4. The minimum absolute atomic E-state index is 0.112. The third-order valence-electron chi connectivity index (χ3n) is 3.55. The van der Waals surface area contributed by atoms with E-state index < -0.39 is 6.10 Å². The van der Waals surface area contributed by atoms with E-state index in [1.54, 1.807) is 42.2 Å². The summed E-state index contributed by atoms with van der Waals surface area (Å²) in [5, 5.41) is 9.39. The maximum atomic E-state index is 12.4. The first-order valence-electron chi connectivity index (χ1n) is 6.85. The lowest BCUT2D eigenvalue weighted by molar-refractivity contribution is -0.125. The highest BCUT2D eigenvalue weighted by atomic mass is 35.5. The van der Waals surface area contributed by atoms with Gasteiger partial charge in [-0.15, -0.1) is 0 Å². The summed E-state index contributed by atoms with van der Waals surface area (Å²) < 4.78 is 5.61. The Kier molecular flexibility index (Phi) is 3.74. The summed E-state index contributed by atoms with van der Waals surface area (Å²) in [4.78, 5) is 14.1. The Morgan fingerprint density at radius 2 is 2.00 bits per heavy atom. The maximum Gasteiger partial charge on any atom is 0.268 e. The zero-order valence-corrected chi connectivity index (χ0v) is 12.7. The van der Waals surface area contributed by atoms with Crippen LogP contribution in [0.25, 0.3) is 0 Å². The number of benzene rings is 2. The second kappa shape index (κ2) is 5.70. The van der Waals surface area contributed by atoms with Gasteiger partial charge in [0.15, 0.2) is 6.10 Å². The number of anilines is 1.